The molecule has 4 N–H and O–H groups in total. The number of carbonyl (C=O) groups is 4. The lowest BCUT2D eigenvalue weighted by Gasteiger charge is -2.32. The van der Waals surface area contributed by atoms with E-state index >= 15 is 0 Å². The second-order valence-electron chi connectivity index (χ2n) is 10.1. The molecule has 0 fully saturated rings. The molecule has 38 heavy (non-hydrogen) atoms. The molecule has 0 aliphatic rings. The van der Waals surface area contributed by atoms with E-state index in [2.05, 4.69) is 10.6 Å². The van der Waals surface area contributed by atoms with E-state index in [1.165, 1.54) is 11.9 Å². The Bertz CT molecular complexity index is 1160. The first-order chi connectivity index (χ1) is 17.7. The van der Waals surface area contributed by atoms with E-state index < -0.39 is 41.5 Å². The highest BCUT2D eigenvalue weighted by molar-refractivity contribution is 5.99. The van der Waals surface area contributed by atoms with Gasteiger partial charge in [0, 0.05) is 19.2 Å². The molecule has 0 aromatic heterocycles. The minimum absolute atomic E-state index is 0.0581. The largest absolute Gasteiger partial charge is 0.497 e. The SMILES string of the molecule is COc1ccc(NC(=O)C(c2ccc(C)cc2C)N(C)C(=O)C(CCC(N)=O)NC(=O)OC(C)(C)C)cc1. The maximum Gasteiger partial charge on any atom is 0.408 e. The number of hydrogen-bond donors (Lipinski definition) is 3. The number of alkyl carbamates (subject to hydrolysis) is 1. The summed E-state index contributed by atoms with van der Waals surface area (Å²) < 4.78 is 10.5. The summed E-state index contributed by atoms with van der Waals surface area (Å²) in [4.78, 5) is 52.6. The molecule has 0 saturated heterocycles. The third-order valence-electron chi connectivity index (χ3n) is 5.73. The number of nitrogens with two attached hydrogens (primary N) is 1. The summed E-state index contributed by atoms with van der Waals surface area (Å²) in [7, 11) is 3.03. The van der Waals surface area contributed by atoms with Gasteiger partial charge in [0.15, 0.2) is 0 Å². The zero-order valence-electron chi connectivity index (χ0n) is 23.1. The predicted octanol–water partition coefficient (Wildman–Crippen LogP) is 3.61. The number of aryl methyl sites for hydroxylation is 2. The van der Waals surface area contributed by atoms with Gasteiger partial charge < -0.3 is 30.7 Å². The summed E-state index contributed by atoms with van der Waals surface area (Å²) in [5, 5.41) is 5.39. The molecule has 0 radical (unpaired) electrons. The highest BCUT2D eigenvalue weighted by Gasteiger charge is 2.35. The van der Waals surface area contributed by atoms with E-state index in [1.54, 1.807) is 58.2 Å². The van der Waals surface area contributed by atoms with Crippen molar-refractivity contribution in [2.45, 2.75) is 65.1 Å². The van der Waals surface area contributed by atoms with E-state index in [1.807, 2.05) is 26.0 Å². The maximum atomic E-state index is 13.7. The fraction of sp³-hybridized carbons (Fsp3) is 0.429. The predicted molar refractivity (Wildman–Crippen MR) is 145 cm³/mol. The monoisotopic (exact) mass is 526 g/mol. The molecule has 4 amide bonds. The van der Waals surface area contributed by atoms with Gasteiger partial charge in [-0.05, 0) is 76.4 Å². The van der Waals surface area contributed by atoms with Crippen molar-refractivity contribution in [1.29, 1.82) is 0 Å². The third kappa shape index (κ3) is 8.79. The number of benzene rings is 2. The van der Waals surface area contributed by atoms with Crippen molar-refractivity contribution in [3.63, 3.8) is 0 Å². The molecule has 2 rings (SSSR count). The molecule has 0 saturated carbocycles. The minimum atomic E-state index is -1.15. The molecule has 206 valence electrons. The molecule has 0 spiro atoms. The molecular formula is C28H38N4O6. The zero-order valence-corrected chi connectivity index (χ0v) is 23.1. The molecule has 2 unspecified atom stereocenters. The number of nitrogens with zero attached hydrogens (tertiary/aromatic N) is 1. The molecule has 2 aromatic carbocycles. The van der Waals surface area contributed by atoms with Crippen LogP contribution in [0.25, 0.3) is 0 Å². The molecule has 2 atom stereocenters. The third-order valence-corrected chi connectivity index (χ3v) is 5.73. The second kappa shape index (κ2) is 12.9. The number of methoxy groups -OCH3 is 1. The Hall–Kier alpha value is -4.08. The lowest BCUT2D eigenvalue weighted by atomic mass is 9.96. The highest BCUT2D eigenvalue weighted by atomic mass is 16.6. The Morgan fingerprint density at radius 2 is 1.66 bits per heavy atom. The first-order valence-electron chi connectivity index (χ1n) is 12.3. The highest BCUT2D eigenvalue weighted by Crippen LogP contribution is 2.27. The van der Waals surface area contributed by atoms with Gasteiger partial charge in [-0.3, -0.25) is 14.4 Å². The fourth-order valence-electron chi connectivity index (χ4n) is 3.91. The van der Waals surface area contributed by atoms with Crippen molar-refractivity contribution >= 4 is 29.5 Å². The fourth-order valence-corrected chi connectivity index (χ4v) is 3.91. The van der Waals surface area contributed by atoms with Crippen LogP contribution in [0.2, 0.25) is 0 Å². The summed E-state index contributed by atoms with van der Waals surface area (Å²) in [5.41, 5.74) is 7.46. The lowest BCUT2D eigenvalue weighted by molar-refractivity contribution is -0.139. The van der Waals surface area contributed by atoms with E-state index in [4.69, 9.17) is 15.2 Å². The number of primary amides is 1. The Balaban J connectivity index is 2.42. The molecule has 0 aliphatic carbocycles. The maximum absolute atomic E-state index is 13.7. The number of hydrogen-bond acceptors (Lipinski definition) is 6. The molecule has 10 heteroatoms. The Morgan fingerprint density at radius 3 is 2.18 bits per heavy atom. The van der Waals surface area contributed by atoms with Crippen LogP contribution in [0.15, 0.2) is 42.5 Å². The van der Waals surface area contributed by atoms with Crippen LogP contribution in [-0.4, -0.2) is 54.5 Å². The van der Waals surface area contributed by atoms with Gasteiger partial charge in [-0.1, -0.05) is 23.8 Å². The quantitative estimate of drug-likeness (QED) is 0.432. The van der Waals surface area contributed by atoms with Gasteiger partial charge in [-0.15, -0.1) is 0 Å². The topological polar surface area (TPSA) is 140 Å². The average molecular weight is 527 g/mol. The van der Waals surface area contributed by atoms with Crippen LogP contribution < -0.4 is 21.1 Å². The molecule has 0 heterocycles. The first kappa shape index (κ1) is 30.1. The van der Waals surface area contributed by atoms with Crippen LogP contribution >= 0.6 is 0 Å². The number of rotatable bonds is 10. The molecule has 0 aliphatic heterocycles. The lowest BCUT2D eigenvalue weighted by Crippen LogP contribution is -2.51. The van der Waals surface area contributed by atoms with Gasteiger partial charge in [-0.2, -0.15) is 0 Å². The van der Waals surface area contributed by atoms with Gasteiger partial charge >= 0.3 is 6.09 Å². The van der Waals surface area contributed by atoms with Crippen LogP contribution in [0.5, 0.6) is 5.75 Å². The standard InChI is InChI=1S/C28H38N4O6/c1-17-8-13-21(18(2)16-17)24(25(34)30-19-9-11-20(37-7)12-10-19)32(6)26(35)22(14-15-23(29)33)31-27(36)38-28(3,4)5/h8-13,16,22,24H,14-15H2,1-7H3,(H2,29,33)(H,30,34)(H,31,36). The summed E-state index contributed by atoms with van der Waals surface area (Å²) in [6.45, 7) is 8.87. The molecule has 0 bridgehead atoms. The van der Waals surface area contributed by atoms with Crippen molar-refractivity contribution in [1.82, 2.24) is 10.2 Å². The number of ether oxygens (including phenoxy) is 2. The van der Waals surface area contributed by atoms with Gasteiger partial charge in [-0.25, -0.2) is 4.79 Å². The average Bonchev–Trinajstić information content (AvgIpc) is 2.82. The molecule has 10 nitrogen and oxygen atoms in total. The summed E-state index contributed by atoms with van der Waals surface area (Å²) in [6.07, 6.45) is -1.02. The smallest absolute Gasteiger partial charge is 0.408 e. The molecular weight excluding hydrogens is 488 g/mol. The van der Waals surface area contributed by atoms with Crippen molar-refractivity contribution < 1.29 is 28.7 Å². The van der Waals surface area contributed by atoms with Gasteiger partial charge in [0.05, 0.1) is 7.11 Å². The number of nitrogens with one attached hydrogen (secondary N) is 2. The van der Waals surface area contributed by atoms with Crippen molar-refractivity contribution in [3.8, 4) is 5.75 Å². The molecule has 2 aromatic rings. The Labute approximate surface area is 223 Å². The summed E-state index contributed by atoms with van der Waals surface area (Å²) >= 11 is 0. The van der Waals surface area contributed by atoms with Crippen molar-refractivity contribution in [2.24, 2.45) is 5.73 Å². The van der Waals surface area contributed by atoms with E-state index in [9.17, 15) is 19.2 Å². The van der Waals surface area contributed by atoms with Crippen LogP contribution in [0.4, 0.5) is 10.5 Å². The van der Waals surface area contributed by atoms with E-state index in [0.29, 0.717) is 17.0 Å². The van der Waals surface area contributed by atoms with Crippen LogP contribution in [0.3, 0.4) is 0 Å². The minimum Gasteiger partial charge on any atom is -0.497 e. The normalized spacial score (nSPS) is 12.6. The van der Waals surface area contributed by atoms with Gasteiger partial charge in [0.2, 0.25) is 11.8 Å². The Kier molecular flexibility index (Phi) is 10.3. The number of carbonyl (C=O) groups excluding carboxylic acids is 4. The van der Waals surface area contributed by atoms with Gasteiger partial charge in [0.1, 0.15) is 23.4 Å². The first-order valence-corrected chi connectivity index (χ1v) is 12.3. The second-order valence-corrected chi connectivity index (χ2v) is 10.1. The van der Waals surface area contributed by atoms with Crippen LogP contribution in [0.1, 0.15) is 56.3 Å². The Morgan fingerprint density at radius 1 is 1.03 bits per heavy atom. The number of likely N-dealkylation sites (N-methyl/N-ethyl adjacent to an activating group) is 1. The number of anilines is 1. The summed E-state index contributed by atoms with van der Waals surface area (Å²) in [6, 6.07) is 10.2. The number of amides is 4. The van der Waals surface area contributed by atoms with Crippen molar-refractivity contribution in [3.05, 3.63) is 59.2 Å². The van der Waals surface area contributed by atoms with Crippen molar-refractivity contribution in [2.75, 3.05) is 19.5 Å². The zero-order chi connectivity index (χ0) is 28.6. The van der Waals surface area contributed by atoms with E-state index in [-0.39, 0.29) is 12.8 Å². The van der Waals surface area contributed by atoms with Crippen LogP contribution in [-0.2, 0) is 19.1 Å². The van der Waals surface area contributed by atoms with Gasteiger partial charge in [0.25, 0.3) is 5.91 Å². The summed E-state index contributed by atoms with van der Waals surface area (Å²) in [5.74, 6) is -1.03. The van der Waals surface area contributed by atoms with Crippen LogP contribution in [0, 0.1) is 13.8 Å². The van der Waals surface area contributed by atoms with E-state index in [0.717, 1.165) is 11.1 Å².